The number of nitrogens with one attached hydrogen (secondary N) is 1. The number of hydrogen-bond acceptors (Lipinski definition) is 3. The maximum Gasteiger partial charge on any atom is 0.224 e. The van der Waals surface area contributed by atoms with Gasteiger partial charge in [-0.25, -0.2) is 0 Å². The van der Waals surface area contributed by atoms with Crippen molar-refractivity contribution in [1.82, 2.24) is 0 Å². The molecule has 0 radical (unpaired) electrons. The molecule has 0 fully saturated rings. The van der Waals surface area contributed by atoms with E-state index in [4.69, 9.17) is 5.11 Å². The van der Waals surface area contributed by atoms with Crippen molar-refractivity contribution in [3.8, 4) is 0 Å². The number of benzene rings is 1. The Labute approximate surface area is 109 Å². The van der Waals surface area contributed by atoms with Gasteiger partial charge in [0.2, 0.25) is 5.91 Å². The lowest BCUT2D eigenvalue weighted by Gasteiger charge is -2.15. The van der Waals surface area contributed by atoms with Crippen LogP contribution in [0.15, 0.2) is 18.2 Å². The smallest absolute Gasteiger partial charge is 0.224 e. The number of carbonyl (C=O) groups is 1. The van der Waals surface area contributed by atoms with Crippen LogP contribution in [0.25, 0.3) is 0 Å². The van der Waals surface area contributed by atoms with Gasteiger partial charge in [0.05, 0.1) is 6.10 Å². The molecule has 0 aliphatic rings. The number of rotatable bonds is 5. The van der Waals surface area contributed by atoms with Gasteiger partial charge >= 0.3 is 0 Å². The Morgan fingerprint density at radius 1 is 1.44 bits per heavy atom. The lowest BCUT2D eigenvalue weighted by molar-refractivity contribution is -0.116. The summed E-state index contributed by atoms with van der Waals surface area (Å²) in [4.78, 5) is 13.7. The van der Waals surface area contributed by atoms with Crippen LogP contribution in [0.1, 0.15) is 25.3 Å². The minimum Gasteiger partial charge on any atom is -0.393 e. The van der Waals surface area contributed by atoms with Crippen LogP contribution in [-0.4, -0.2) is 31.2 Å². The topological polar surface area (TPSA) is 52.6 Å². The Bertz CT molecular complexity index is 414. The molecule has 100 valence electrons. The Balaban J connectivity index is 2.65. The van der Waals surface area contributed by atoms with Gasteiger partial charge < -0.3 is 15.3 Å². The maximum atomic E-state index is 11.7. The first kappa shape index (κ1) is 14.5. The molecule has 4 nitrogen and oxygen atoms in total. The van der Waals surface area contributed by atoms with Crippen LogP contribution < -0.4 is 10.2 Å². The molecule has 1 unspecified atom stereocenters. The number of hydrogen-bond donors (Lipinski definition) is 2. The molecule has 0 aliphatic heterocycles. The van der Waals surface area contributed by atoms with E-state index in [1.807, 2.05) is 44.1 Å². The van der Waals surface area contributed by atoms with E-state index in [1.165, 1.54) is 0 Å². The second kappa shape index (κ2) is 6.40. The standard InChI is InChI=1S/C14H22N2O2/c1-10-9-12(16(3)4)6-7-13(10)15-14(18)8-5-11(2)17/h6-7,9,11,17H,5,8H2,1-4H3,(H,15,18). The van der Waals surface area contributed by atoms with Crippen molar-refractivity contribution in [3.63, 3.8) is 0 Å². The van der Waals surface area contributed by atoms with E-state index in [0.29, 0.717) is 12.8 Å². The molecule has 1 rings (SSSR count). The molecule has 1 atom stereocenters. The first-order valence-electron chi connectivity index (χ1n) is 6.16. The zero-order valence-electron chi connectivity index (χ0n) is 11.5. The van der Waals surface area contributed by atoms with E-state index >= 15 is 0 Å². The highest BCUT2D eigenvalue weighted by Crippen LogP contribution is 2.21. The summed E-state index contributed by atoms with van der Waals surface area (Å²) in [5.74, 6) is -0.0587. The molecule has 1 aromatic rings. The predicted octanol–water partition coefficient (Wildman–Crippen LogP) is 2.16. The molecule has 0 saturated carbocycles. The fourth-order valence-corrected chi connectivity index (χ4v) is 1.62. The Morgan fingerprint density at radius 3 is 2.61 bits per heavy atom. The van der Waals surface area contributed by atoms with Crippen LogP contribution in [0.3, 0.4) is 0 Å². The molecule has 1 aromatic carbocycles. The van der Waals surface area contributed by atoms with Gasteiger partial charge in [0.25, 0.3) is 0 Å². The fraction of sp³-hybridized carbons (Fsp3) is 0.500. The summed E-state index contributed by atoms with van der Waals surface area (Å²) in [6.07, 6.45) is 0.390. The molecule has 0 aromatic heterocycles. The number of anilines is 2. The summed E-state index contributed by atoms with van der Waals surface area (Å²) in [6.45, 7) is 3.65. The third-order valence-corrected chi connectivity index (χ3v) is 2.79. The highest BCUT2D eigenvalue weighted by Gasteiger charge is 2.07. The van der Waals surface area contributed by atoms with Gasteiger partial charge in [0.15, 0.2) is 0 Å². The maximum absolute atomic E-state index is 11.7. The zero-order chi connectivity index (χ0) is 13.7. The number of carbonyl (C=O) groups excluding carboxylic acids is 1. The average molecular weight is 250 g/mol. The third kappa shape index (κ3) is 4.37. The quantitative estimate of drug-likeness (QED) is 0.842. The molecular formula is C14H22N2O2. The SMILES string of the molecule is Cc1cc(N(C)C)ccc1NC(=O)CCC(C)O. The van der Waals surface area contributed by atoms with Crippen molar-refractivity contribution in [1.29, 1.82) is 0 Å². The van der Waals surface area contributed by atoms with Gasteiger partial charge in [-0.05, 0) is 44.0 Å². The second-order valence-corrected chi connectivity index (χ2v) is 4.83. The number of amides is 1. The van der Waals surface area contributed by atoms with Gasteiger partial charge in [-0.2, -0.15) is 0 Å². The first-order chi connectivity index (χ1) is 8.40. The molecule has 0 saturated heterocycles. The predicted molar refractivity (Wildman–Crippen MR) is 75.1 cm³/mol. The normalized spacial score (nSPS) is 12.1. The highest BCUT2D eigenvalue weighted by atomic mass is 16.3. The van der Waals surface area contributed by atoms with Crippen molar-refractivity contribution in [2.45, 2.75) is 32.8 Å². The first-order valence-corrected chi connectivity index (χ1v) is 6.16. The van der Waals surface area contributed by atoms with Crippen LogP contribution in [0.4, 0.5) is 11.4 Å². The lowest BCUT2D eigenvalue weighted by Crippen LogP contribution is -2.15. The summed E-state index contributed by atoms with van der Waals surface area (Å²) < 4.78 is 0. The Kier molecular flexibility index (Phi) is 5.16. The van der Waals surface area contributed by atoms with Crippen LogP contribution in [0.2, 0.25) is 0 Å². The van der Waals surface area contributed by atoms with Crippen molar-refractivity contribution < 1.29 is 9.90 Å². The Hall–Kier alpha value is -1.55. The van der Waals surface area contributed by atoms with E-state index in [1.54, 1.807) is 6.92 Å². The van der Waals surface area contributed by atoms with Crippen molar-refractivity contribution in [3.05, 3.63) is 23.8 Å². The van der Waals surface area contributed by atoms with Crippen LogP contribution in [-0.2, 0) is 4.79 Å². The summed E-state index contributed by atoms with van der Waals surface area (Å²) in [6, 6.07) is 5.91. The summed E-state index contributed by atoms with van der Waals surface area (Å²) in [5.41, 5.74) is 2.97. The van der Waals surface area contributed by atoms with E-state index in [2.05, 4.69) is 5.32 Å². The van der Waals surface area contributed by atoms with Crippen molar-refractivity contribution >= 4 is 17.3 Å². The van der Waals surface area contributed by atoms with Gasteiger partial charge in [0.1, 0.15) is 0 Å². The molecule has 2 N–H and O–H groups in total. The molecule has 0 bridgehead atoms. The number of nitrogens with zero attached hydrogens (tertiary/aromatic N) is 1. The van der Waals surface area contributed by atoms with Gasteiger partial charge in [-0.15, -0.1) is 0 Å². The van der Waals surface area contributed by atoms with Crippen molar-refractivity contribution in [2.75, 3.05) is 24.3 Å². The highest BCUT2D eigenvalue weighted by molar-refractivity contribution is 5.91. The number of aryl methyl sites for hydroxylation is 1. The van der Waals surface area contributed by atoms with Crippen LogP contribution in [0.5, 0.6) is 0 Å². The molecule has 0 spiro atoms. The van der Waals surface area contributed by atoms with Gasteiger partial charge in [-0.1, -0.05) is 0 Å². The minimum atomic E-state index is -0.437. The van der Waals surface area contributed by atoms with E-state index in [9.17, 15) is 4.79 Å². The molecule has 0 heterocycles. The molecule has 18 heavy (non-hydrogen) atoms. The van der Waals surface area contributed by atoms with E-state index in [0.717, 1.165) is 16.9 Å². The third-order valence-electron chi connectivity index (χ3n) is 2.79. The zero-order valence-corrected chi connectivity index (χ0v) is 11.5. The molecule has 4 heteroatoms. The second-order valence-electron chi connectivity index (χ2n) is 4.83. The minimum absolute atomic E-state index is 0.0587. The monoisotopic (exact) mass is 250 g/mol. The van der Waals surface area contributed by atoms with Gasteiger partial charge in [-0.3, -0.25) is 4.79 Å². The summed E-state index contributed by atoms with van der Waals surface area (Å²) >= 11 is 0. The van der Waals surface area contributed by atoms with Crippen LogP contribution >= 0.6 is 0 Å². The fourth-order valence-electron chi connectivity index (χ4n) is 1.62. The van der Waals surface area contributed by atoms with E-state index in [-0.39, 0.29) is 5.91 Å². The van der Waals surface area contributed by atoms with E-state index < -0.39 is 6.10 Å². The summed E-state index contributed by atoms with van der Waals surface area (Å²) in [7, 11) is 3.96. The molecule has 0 aliphatic carbocycles. The number of aliphatic hydroxyl groups is 1. The Morgan fingerprint density at radius 2 is 2.11 bits per heavy atom. The molecular weight excluding hydrogens is 228 g/mol. The largest absolute Gasteiger partial charge is 0.393 e. The van der Waals surface area contributed by atoms with Crippen molar-refractivity contribution in [2.24, 2.45) is 0 Å². The lowest BCUT2D eigenvalue weighted by atomic mass is 10.1. The average Bonchev–Trinajstić information content (AvgIpc) is 2.29. The van der Waals surface area contributed by atoms with Gasteiger partial charge in [0, 0.05) is 31.9 Å². The number of aliphatic hydroxyl groups excluding tert-OH is 1. The van der Waals surface area contributed by atoms with Crippen LogP contribution in [0, 0.1) is 6.92 Å². The molecule has 1 amide bonds. The summed E-state index contributed by atoms with van der Waals surface area (Å²) in [5, 5.41) is 12.0.